The quantitative estimate of drug-likeness (QED) is 0.766. The number of tetrazole rings is 1. The molecule has 1 atom stereocenters. The van der Waals surface area contributed by atoms with Crippen LogP contribution in [-0.2, 0) is 11.3 Å². The monoisotopic (exact) mass is 396 g/mol. The third kappa shape index (κ3) is 4.84. The van der Waals surface area contributed by atoms with E-state index in [1.165, 1.54) is 12.1 Å². The van der Waals surface area contributed by atoms with Crippen LogP contribution >= 0.6 is 0 Å². The van der Waals surface area contributed by atoms with Crippen LogP contribution in [-0.4, -0.2) is 55.7 Å². The minimum absolute atomic E-state index is 0.0920. The molecule has 2 amide bonds. The first kappa shape index (κ1) is 19.8. The van der Waals surface area contributed by atoms with E-state index in [1.807, 2.05) is 0 Å². The molecule has 11 heteroatoms. The van der Waals surface area contributed by atoms with E-state index < -0.39 is 37.1 Å². The number of hydrogen-bond acceptors (Lipinski definition) is 5. The topological polar surface area (TPSA) is 107 Å². The number of alkyl halides is 3. The van der Waals surface area contributed by atoms with E-state index in [2.05, 4.69) is 15.4 Å². The molecular formula is C17H19F3N6O2. The molecule has 1 aliphatic rings. The van der Waals surface area contributed by atoms with Crippen LogP contribution in [0.1, 0.15) is 30.1 Å². The van der Waals surface area contributed by atoms with Crippen LogP contribution in [0.15, 0.2) is 24.3 Å². The van der Waals surface area contributed by atoms with Gasteiger partial charge in [-0.25, -0.2) is 0 Å². The van der Waals surface area contributed by atoms with E-state index in [-0.39, 0.29) is 11.7 Å². The minimum Gasteiger partial charge on any atom is -0.366 e. The summed E-state index contributed by atoms with van der Waals surface area (Å²) in [5, 5.41) is 11.6. The van der Waals surface area contributed by atoms with Gasteiger partial charge in [0, 0.05) is 17.2 Å². The van der Waals surface area contributed by atoms with Gasteiger partial charge in [0.15, 0.2) is 0 Å². The Kier molecular flexibility index (Phi) is 5.34. The molecule has 2 aromatic rings. The summed E-state index contributed by atoms with van der Waals surface area (Å²) in [5.74, 6) is -1.02. The Bertz CT molecular complexity index is 861. The number of hydrogen-bond donors (Lipinski definition) is 1. The van der Waals surface area contributed by atoms with Crippen LogP contribution in [0.2, 0.25) is 0 Å². The zero-order valence-corrected chi connectivity index (χ0v) is 15.1. The normalized spacial score (nSPS) is 15.3. The molecule has 0 spiro atoms. The van der Waals surface area contributed by atoms with Crippen LogP contribution < -0.4 is 5.73 Å². The maximum absolute atomic E-state index is 12.9. The second kappa shape index (κ2) is 7.56. The Balaban J connectivity index is 1.71. The van der Waals surface area contributed by atoms with Crippen LogP contribution in [0.4, 0.5) is 13.2 Å². The van der Waals surface area contributed by atoms with Crippen molar-refractivity contribution < 1.29 is 22.8 Å². The molecule has 1 aliphatic carbocycles. The number of rotatable bonds is 7. The molecule has 1 aromatic heterocycles. The summed E-state index contributed by atoms with van der Waals surface area (Å²) >= 11 is 0. The highest BCUT2D eigenvalue weighted by Crippen LogP contribution is 2.36. The maximum atomic E-state index is 12.9. The summed E-state index contributed by atoms with van der Waals surface area (Å²) in [5.41, 5.74) is 6.01. The van der Waals surface area contributed by atoms with E-state index >= 15 is 0 Å². The van der Waals surface area contributed by atoms with Gasteiger partial charge in [-0.2, -0.15) is 18.0 Å². The third-order valence-electron chi connectivity index (χ3n) is 4.62. The molecule has 0 bridgehead atoms. The number of halogens is 3. The van der Waals surface area contributed by atoms with Gasteiger partial charge in [0.1, 0.15) is 13.1 Å². The number of carbonyl (C=O) groups excluding carboxylic acids is 2. The van der Waals surface area contributed by atoms with Gasteiger partial charge >= 0.3 is 6.18 Å². The summed E-state index contributed by atoms with van der Waals surface area (Å²) in [6.07, 6.45) is -2.85. The number of benzene rings is 1. The lowest BCUT2D eigenvalue weighted by atomic mass is 10.1. The van der Waals surface area contributed by atoms with E-state index in [0.29, 0.717) is 11.1 Å². The lowest BCUT2D eigenvalue weighted by Gasteiger charge is -2.30. The van der Waals surface area contributed by atoms with E-state index in [0.717, 1.165) is 22.5 Å². The molecule has 1 aromatic carbocycles. The van der Waals surface area contributed by atoms with Gasteiger partial charge in [-0.3, -0.25) is 9.59 Å². The molecule has 150 valence electrons. The smallest absolute Gasteiger partial charge is 0.366 e. The number of carbonyl (C=O) groups is 2. The first-order valence-electron chi connectivity index (χ1n) is 8.68. The Morgan fingerprint density at radius 1 is 1.29 bits per heavy atom. The molecule has 2 N–H and O–H groups in total. The van der Waals surface area contributed by atoms with Gasteiger partial charge in [-0.1, -0.05) is 12.1 Å². The summed E-state index contributed by atoms with van der Waals surface area (Å²) in [6, 6.07) is 5.61. The number of aromatic nitrogens is 4. The van der Waals surface area contributed by atoms with Crippen molar-refractivity contribution in [3.05, 3.63) is 29.8 Å². The molecule has 1 fully saturated rings. The first-order valence-corrected chi connectivity index (χ1v) is 8.68. The van der Waals surface area contributed by atoms with Crippen molar-refractivity contribution in [2.45, 2.75) is 38.5 Å². The van der Waals surface area contributed by atoms with E-state index in [4.69, 9.17) is 5.73 Å². The van der Waals surface area contributed by atoms with Crippen LogP contribution in [0.5, 0.6) is 0 Å². The lowest BCUT2D eigenvalue weighted by molar-refractivity contribution is -0.166. The van der Waals surface area contributed by atoms with Crippen molar-refractivity contribution in [1.82, 2.24) is 25.1 Å². The molecule has 1 heterocycles. The van der Waals surface area contributed by atoms with Crippen LogP contribution in [0.3, 0.4) is 0 Å². The van der Waals surface area contributed by atoms with Gasteiger partial charge < -0.3 is 10.6 Å². The predicted octanol–water partition coefficient (Wildman–Crippen LogP) is 1.63. The van der Waals surface area contributed by atoms with Crippen LogP contribution in [0.25, 0.3) is 11.4 Å². The number of nitrogens with zero attached hydrogens (tertiary/aromatic N) is 5. The average molecular weight is 396 g/mol. The highest BCUT2D eigenvalue weighted by molar-refractivity contribution is 5.93. The Morgan fingerprint density at radius 3 is 2.46 bits per heavy atom. The molecule has 0 unspecified atom stereocenters. The summed E-state index contributed by atoms with van der Waals surface area (Å²) < 4.78 is 38.7. The van der Waals surface area contributed by atoms with Crippen LogP contribution in [0, 0.1) is 5.92 Å². The van der Waals surface area contributed by atoms with Gasteiger partial charge in [0.05, 0.1) is 0 Å². The SMILES string of the molecule is C[C@@H](C1CC1)N(CC(F)(F)F)C(=O)Cn1nnc(-c2ccc(C(N)=O)cc2)n1. The predicted molar refractivity (Wildman–Crippen MR) is 91.7 cm³/mol. The zero-order valence-electron chi connectivity index (χ0n) is 15.1. The number of amides is 2. The summed E-state index contributed by atoms with van der Waals surface area (Å²) in [6.45, 7) is -0.124. The van der Waals surface area contributed by atoms with Gasteiger partial charge in [-0.05, 0) is 43.0 Å². The molecule has 0 saturated heterocycles. The standard InChI is InChI=1S/C17H19F3N6O2/c1-10(11-2-3-11)25(9-17(18,19)20)14(27)8-26-23-16(22-24-26)13-6-4-12(5-7-13)15(21)28/h4-7,10-11H,2-3,8-9H2,1H3,(H2,21,28)/t10-/m0/s1. The fourth-order valence-electron chi connectivity index (χ4n) is 2.91. The largest absolute Gasteiger partial charge is 0.406 e. The highest BCUT2D eigenvalue weighted by atomic mass is 19.4. The van der Waals surface area contributed by atoms with Crippen molar-refractivity contribution in [1.29, 1.82) is 0 Å². The Labute approximate surface area is 158 Å². The number of primary amides is 1. The zero-order chi connectivity index (χ0) is 20.5. The third-order valence-corrected chi connectivity index (χ3v) is 4.62. The van der Waals surface area contributed by atoms with Gasteiger partial charge in [0.2, 0.25) is 17.6 Å². The van der Waals surface area contributed by atoms with E-state index in [9.17, 15) is 22.8 Å². The summed E-state index contributed by atoms with van der Waals surface area (Å²) in [7, 11) is 0. The molecule has 3 rings (SSSR count). The fraction of sp³-hybridized carbons (Fsp3) is 0.471. The van der Waals surface area contributed by atoms with Crippen molar-refractivity contribution >= 4 is 11.8 Å². The molecule has 0 radical (unpaired) electrons. The first-order chi connectivity index (χ1) is 13.1. The highest BCUT2D eigenvalue weighted by Gasteiger charge is 2.40. The van der Waals surface area contributed by atoms with Gasteiger partial charge in [0.25, 0.3) is 0 Å². The summed E-state index contributed by atoms with van der Waals surface area (Å²) in [4.78, 5) is 25.4. The molecular weight excluding hydrogens is 377 g/mol. The maximum Gasteiger partial charge on any atom is 0.406 e. The molecule has 8 nitrogen and oxygen atoms in total. The lowest BCUT2D eigenvalue weighted by Crippen LogP contribution is -2.47. The fourth-order valence-corrected chi connectivity index (χ4v) is 2.91. The van der Waals surface area contributed by atoms with Crippen molar-refractivity contribution in [3.8, 4) is 11.4 Å². The molecule has 0 aliphatic heterocycles. The average Bonchev–Trinajstić information content (AvgIpc) is 3.38. The van der Waals surface area contributed by atoms with Crippen molar-refractivity contribution in [3.63, 3.8) is 0 Å². The van der Waals surface area contributed by atoms with E-state index in [1.54, 1.807) is 19.1 Å². The van der Waals surface area contributed by atoms with Crippen molar-refractivity contribution in [2.24, 2.45) is 11.7 Å². The Hall–Kier alpha value is -2.98. The minimum atomic E-state index is -4.48. The molecule has 1 saturated carbocycles. The molecule has 28 heavy (non-hydrogen) atoms. The Morgan fingerprint density at radius 2 is 1.93 bits per heavy atom. The van der Waals surface area contributed by atoms with Gasteiger partial charge in [-0.15, -0.1) is 10.2 Å². The van der Waals surface area contributed by atoms with Crippen molar-refractivity contribution in [2.75, 3.05) is 6.54 Å². The second-order valence-corrected chi connectivity index (χ2v) is 6.80. The second-order valence-electron chi connectivity index (χ2n) is 6.80. The number of nitrogens with two attached hydrogens (primary N) is 1.